The van der Waals surface area contributed by atoms with Crippen LogP contribution in [0.1, 0.15) is 20.8 Å². The van der Waals surface area contributed by atoms with Gasteiger partial charge in [0.15, 0.2) is 12.5 Å². The molecule has 3 aromatic rings. The number of hydrogen-bond donors (Lipinski definition) is 0. The van der Waals surface area contributed by atoms with Crippen LogP contribution in [-0.4, -0.2) is 41.6 Å². The third kappa shape index (κ3) is 7.14. The second-order valence-corrected chi connectivity index (χ2v) is 9.15. The minimum absolute atomic E-state index is 0.175. The first-order chi connectivity index (χ1) is 15.8. The van der Waals surface area contributed by atoms with Gasteiger partial charge < -0.3 is 23.3 Å². The van der Waals surface area contributed by atoms with Crippen LogP contribution < -0.4 is 9.47 Å². The highest BCUT2D eigenvalue weighted by Gasteiger charge is 2.28. The van der Waals surface area contributed by atoms with Gasteiger partial charge in [0, 0.05) is 5.02 Å². The molecule has 0 saturated carbocycles. The Hall–Kier alpha value is -2.71. The molecule has 2 aromatic carbocycles. The Morgan fingerprint density at radius 1 is 1.03 bits per heavy atom. The average Bonchev–Trinajstić information content (AvgIpc) is 2.79. The Bertz CT molecular complexity index is 1130. The van der Waals surface area contributed by atoms with Crippen molar-refractivity contribution in [1.82, 2.24) is 9.97 Å². The van der Waals surface area contributed by atoms with Crippen molar-refractivity contribution in [2.75, 3.05) is 19.6 Å². The number of fused-ring (bicyclic) bond motifs is 1. The Morgan fingerprint density at radius 3 is 2.36 bits per heavy atom. The minimum Gasteiger partial charge on any atom is -0.479 e. The number of ether oxygens (including phenoxy) is 3. The maximum atomic E-state index is 12.4. The quantitative estimate of drug-likeness (QED) is 0.248. The van der Waals surface area contributed by atoms with Gasteiger partial charge in [-0.1, -0.05) is 11.6 Å². The van der Waals surface area contributed by atoms with Crippen LogP contribution in [0, 0.1) is 0 Å². The molecular weight excluding hydrogens is 471 g/mol. The number of esters is 1. The first-order valence-corrected chi connectivity index (χ1v) is 12.3. The van der Waals surface area contributed by atoms with Crippen molar-refractivity contribution >= 4 is 36.2 Å². The van der Waals surface area contributed by atoms with Crippen molar-refractivity contribution in [3.8, 4) is 17.4 Å². The molecule has 0 radical (unpaired) electrons. The van der Waals surface area contributed by atoms with Crippen molar-refractivity contribution in [3.63, 3.8) is 0 Å². The predicted octanol–water partition coefficient (Wildman–Crippen LogP) is 5.61. The van der Waals surface area contributed by atoms with Gasteiger partial charge in [-0.05, 0) is 63.2 Å². The van der Waals surface area contributed by atoms with Crippen LogP contribution in [0.5, 0.6) is 17.4 Å². The van der Waals surface area contributed by atoms with E-state index in [4.69, 9.17) is 34.9 Å². The number of benzene rings is 2. The molecule has 0 bridgehead atoms. The summed E-state index contributed by atoms with van der Waals surface area (Å²) in [7, 11) is -3.49. The fourth-order valence-corrected chi connectivity index (χ4v) is 4.20. The number of hydrogen-bond acceptors (Lipinski definition) is 9. The predicted molar refractivity (Wildman–Crippen MR) is 123 cm³/mol. The number of rotatable bonds is 11. The molecule has 3 rings (SSSR count). The molecule has 0 aliphatic carbocycles. The van der Waals surface area contributed by atoms with Gasteiger partial charge >= 0.3 is 13.6 Å². The number of carbonyl (C=O) groups excluding carboxylic acids is 1. The van der Waals surface area contributed by atoms with Gasteiger partial charge in [-0.3, -0.25) is 4.57 Å². The van der Waals surface area contributed by atoms with Crippen molar-refractivity contribution in [1.29, 1.82) is 0 Å². The Kier molecular flexibility index (Phi) is 8.63. The zero-order chi connectivity index (χ0) is 23.8. The highest BCUT2D eigenvalue weighted by Crippen LogP contribution is 2.47. The van der Waals surface area contributed by atoms with Gasteiger partial charge in [0.1, 0.15) is 11.5 Å². The van der Waals surface area contributed by atoms with Crippen LogP contribution in [0.4, 0.5) is 0 Å². The van der Waals surface area contributed by atoms with Crippen LogP contribution >= 0.6 is 19.2 Å². The average molecular weight is 495 g/mol. The summed E-state index contributed by atoms with van der Waals surface area (Å²) >= 11 is 5.96. The van der Waals surface area contributed by atoms with E-state index in [1.54, 1.807) is 56.3 Å². The molecule has 9 nitrogen and oxygen atoms in total. The summed E-state index contributed by atoms with van der Waals surface area (Å²) in [6.45, 7) is 5.23. The van der Waals surface area contributed by atoms with Crippen LogP contribution in [0.2, 0.25) is 5.02 Å². The molecule has 176 valence electrons. The second-order valence-electron chi connectivity index (χ2n) is 6.71. The van der Waals surface area contributed by atoms with E-state index in [-0.39, 0.29) is 13.2 Å². The van der Waals surface area contributed by atoms with Gasteiger partial charge in [-0.15, -0.1) is 0 Å². The van der Waals surface area contributed by atoms with Gasteiger partial charge in [0.25, 0.3) is 0 Å². The van der Waals surface area contributed by atoms with Crippen LogP contribution in [0.25, 0.3) is 11.0 Å². The Balaban J connectivity index is 1.55. The minimum atomic E-state index is -3.49. The molecule has 33 heavy (non-hydrogen) atoms. The lowest BCUT2D eigenvalue weighted by molar-refractivity contribution is -0.149. The summed E-state index contributed by atoms with van der Waals surface area (Å²) in [6.07, 6.45) is 0.0869. The lowest BCUT2D eigenvalue weighted by Gasteiger charge is -2.18. The third-order valence-electron chi connectivity index (χ3n) is 4.19. The van der Waals surface area contributed by atoms with Crippen LogP contribution in [-0.2, 0) is 23.1 Å². The number of halogens is 1. The van der Waals surface area contributed by atoms with Gasteiger partial charge in [-0.2, -0.15) is 0 Å². The molecular formula is C22H24ClN2O7P. The molecule has 1 heterocycles. The van der Waals surface area contributed by atoms with Gasteiger partial charge in [0.05, 0.1) is 30.4 Å². The monoisotopic (exact) mass is 494 g/mol. The SMILES string of the molecule is CCOP(=O)(COC(=O)[C@@H](C)Oc1ccc(Oc2cnc3cc(Cl)ccc3n2)cc1)OCC. The standard InChI is InChI=1S/C22H24ClN2O7P/c1-4-29-33(27,30-5-2)14-28-22(26)15(3)31-17-7-9-18(10-8-17)32-21-13-24-20-12-16(23)6-11-19(20)25-21/h6-13,15H,4-5,14H2,1-3H3/t15-/m1/s1. The molecule has 0 unspecified atom stereocenters. The highest BCUT2D eigenvalue weighted by atomic mass is 35.5. The first kappa shape index (κ1) is 24.9. The number of nitrogens with zero attached hydrogens (tertiary/aromatic N) is 2. The molecule has 0 spiro atoms. The molecule has 11 heteroatoms. The third-order valence-corrected chi connectivity index (χ3v) is 6.17. The second kappa shape index (κ2) is 11.4. The van der Waals surface area contributed by atoms with E-state index >= 15 is 0 Å². The van der Waals surface area contributed by atoms with Crippen molar-refractivity contribution in [2.24, 2.45) is 0 Å². The smallest absolute Gasteiger partial charge is 0.367 e. The summed E-state index contributed by atoms with van der Waals surface area (Å²) in [5.74, 6) is 0.559. The maximum absolute atomic E-state index is 12.4. The zero-order valence-electron chi connectivity index (χ0n) is 18.4. The van der Waals surface area contributed by atoms with E-state index in [9.17, 15) is 9.36 Å². The molecule has 0 fully saturated rings. The molecule has 1 aromatic heterocycles. The van der Waals surface area contributed by atoms with Crippen LogP contribution in [0.3, 0.4) is 0 Å². The van der Waals surface area contributed by atoms with E-state index in [0.717, 1.165) is 0 Å². The Labute approximate surface area is 196 Å². The lowest BCUT2D eigenvalue weighted by atomic mass is 10.3. The topological polar surface area (TPSA) is 106 Å². The van der Waals surface area contributed by atoms with Crippen molar-refractivity contribution in [2.45, 2.75) is 26.9 Å². The summed E-state index contributed by atoms with van der Waals surface area (Å²) in [5, 5.41) is 0.580. The van der Waals surface area contributed by atoms with E-state index in [0.29, 0.717) is 33.4 Å². The molecule has 0 saturated heterocycles. The lowest BCUT2D eigenvalue weighted by Crippen LogP contribution is -2.26. The fourth-order valence-electron chi connectivity index (χ4n) is 2.74. The molecule has 1 atom stereocenters. The first-order valence-electron chi connectivity index (χ1n) is 10.2. The molecule has 0 aliphatic heterocycles. The number of aromatic nitrogens is 2. The maximum Gasteiger partial charge on any atom is 0.367 e. The van der Waals surface area contributed by atoms with Crippen molar-refractivity contribution in [3.05, 3.63) is 53.7 Å². The normalized spacial score (nSPS) is 12.4. The fraction of sp³-hybridized carbons (Fsp3) is 0.318. The van der Waals surface area contributed by atoms with E-state index in [2.05, 4.69) is 9.97 Å². The molecule has 0 N–H and O–H groups in total. The molecule has 0 amide bonds. The van der Waals surface area contributed by atoms with E-state index < -0.39 is 26.0 Å². The van der Waals surface area contributed by atoms with Gasteiger partial charge in [0.2, 0.25) is 5.88 Å². The number of carbonyl (C=O) groups is 1. The summed E-state index contributed by atoms with van der Waals surface area (Å²) in [5.41, 5.74) is 1.32. The largest absolute Gasteiger partial charge is 0.479 e. The summed E-state index contributed by atoms with van der Waals surface area (Å²) in [4.78, 5) is 20.9. The zero-order valence-corrected chi connectivity index (χ0v) is 20.0. The van der Waals surface area contributed by atoms with Crippen molar-refractivity contribution < 1.29 is 32.6 Å². The highest BCUT2D eigenvalue weighted by molar-refractivity contribution is 7.53. The Morgan fingerprint density at radius 2 is 1.70 bits per heavy atom. The molecule has 0 aliphatic rings. The van der Waals surface area contributed by atoms with E-state index in [1.165, 1.54) is 13.1 Å². The summed E-state index contributed by atoms with van der Waals surface area (Å²) in [6, 6.07) is 11.8. The van der Waals surface area contributed by atoms with Gasteiger partial charge in [-0.25, -0.2) is 14.8 Å². The van der Waals surface area contributed by atoms with E-state index in [1.807, 2.05) is 0 Å². The summed E-state index contributed by atoms with van der Waals surface area (Å²) < 4.78 is 39.0. The van der Waals surface area contributed by atoms with Crippen LogP contribution in [0.15, 0.2) is 48.7 Å².